The second-order valence-corrected chi connectivity index (χ2v) is 2.94. The normalized spacial score (nSPS) is 10.0. The summed E-state index contributed by atoms with van der Waals surface area (Å²) in [6, 6.07) is 9.99. The molecule has 70 valence electrons. The summed E-state index contributed by atoms with van der Waals surface area (Å²) in [4.78, 5) is 9.13. The van der Waals surface area contributed by atoms with E-state index in [-0.39, 0.29) is 0 Å². The number of rotatable bonds is 3. The number of hydrogen-bond acceptors (Lipinski definition) is 3. The van der Waals surface area contributed by atoms with E-state index in [1.54, 1.807) is 6.20 Å². The first-order valence-electron chi connectivity index (χ1n) is 4.32. The van der Waals surface area contributed by atoms with Crippen LogP contribution in [0.2, 0.25) is 0 Å². The fourth-order valence-electron chi connectivity index (χ4n) is 1.32. The Bertz CT molecular complexity index is 454. The number of hydrogen-bond donors (Lipinski definition) is 0. The molecular formula is C11H10N2O. The summed E-state index contributed by atoms with van der Waals surface area (Å²) in [7, 11) is 0. The van der Waals surface area contributed by atoms with Crippen molar-refractivity contribution in [3.05, 3.63) is 42.1 Å². The summed E-state index contributed by atoms with van der Waals surface area (Å²) < 4.78 is 0. The molecule has 1 heterocycles. The topological polar surface area (TPSA) is 34.5 Å². The van der Waals surface area contributed by atoms with Crippen molar-refractivity contribution in [2.75, 3.05) is 0 Å². The zero-order valence-corrected chi connectivity index (χ0v) is 7.68. The number of benzene rings is 1. The van der Waals surface area contributed by atoms with E-state index in [0.717, 1.165) is 16.5 Å². The lowest BCUT2D eigenvalue weighted by Crippen LogP contribution is -1.88. The number of para-hydroxylation sites is 1. The molecule has 1 aromatic carbocycles. The zero-order valence-electron chi connectivity index (χ0n) is 7.68. The van der Waals surface area contributed by atoms with Gasteiger partial charge in [-0.2, -0.15) is 0 Å². The molecule has 3 nitrogen and oxygen atoms in total. The standard InChI is InChI=1S/C11H10N2O/c1-12-14-8-9-6-10-4-2-3-5-11(10)13-7-9/h2-7H,1,8H2. The Kier molecular flexibility index (Phi) is 2.40. The molecule has 0 spiro atoms. The molecule has 0 radical (unpaired) electrons. The molecule has 0 aliphatic heterocycles. The van der Waals surface area contributed by atoms with Gasteiger partial charge in [-0.3, -0.25) is 4.98 Å². The largest absolute Gasteiger partial charge is 0.391 e. The second kappa shape index (κ2) is 3.87. The maximum Gasteiger partial charge on any atom is 0.143 e. The van der Waals surface area contributed by atoms with Crippen molar-refractivity contribution in [1.29, 1.82) is 0 Å². The maximum atomic E-state index is 4.84. The van der Waals surface area contributed by atoms with E-state index in [2.05, 4.69) is 16.9 Å². The highest BCUT2D eigenvalue weighted by Gasteiger charge is 1.96. The molecular weight excluding hydrogens is 176 g/mol. The van der Waals surface area contributed by atoms with E-state index in [1.165, 1.54) is 0 Å². The molecule has 0 fully saturated rings. The van der Waals surface area contributed by atoms with E-state index in [4.69, 9.17) is 4.84 Å². The second-order valence-electron chi connectivity index (χ2n) is 2.94. The van der Waals surface area contributed by atoms with Gasteiger partial charge in [-0.1, -0.05) is 18.2 Å². The third kappa shape index (κ3) is 1.71. The predicted octanol–water partition coefficient (Wildman–Crippen LogP) is 2.37. The highest BCUT2D eigenvalue weighted by Crippen LogP contribution is 2.13. The van der Waals surface area contributed by atoms with Crippen molar-refractivity contribution in [3.63, 3.8) is 0 Å². The van der Waals surface area contributed by atoms with Gasteiger partial charge in [-0.15, -0.1) is 5.16 Å². The molecule has 0 unspecified atom stereocenters. The van der Waals surface area contributed by atoms with Gasteiger partial charge in [0.25, 0.3) is 0 Å². The van der Waals surface area contributed by atoms with Crippen LogP contribution >= 0.6 is 0 Å². The van der Waals surface area contributed by atoms with Gasteiger partial charge in [-0.05, 0) is 12.1 Å². The van der Waals surface area contributed by atoms with Crippen molar-refractivity contribution >= 4 is 17.6 Å². The van der Waals surface area contributed by atoms with Crippen LogP contribution in [0.15, 0.2) is 41.7 Å². The number of nitrogens with zero attached hydrogens (tertiary/aromatic N) is 2. The van der Waals surface area contributed by atoms with Gasteiger partial charge >= 0.3 is 0 Å². The lowest BCUT2D eigenvalue weighted by molar-refractivity contribution is 0.133. The van der Waals surface area contributed by atoms with Crippen LogP contribution in [-0.2, 0) is 11.4 Å². The average molecular weight is 186 g/mol. The molecule has 0 amide bonds. The lowest BCUT2D eigenvalue weighted by Gasteiger charge is -2.01. The van der Waals surface area contributed by atoms with Gasteiger partial charge < -0.3 is 4.84 Å². The molecule has 0 N–H and O–H groups in total. The third-order valence-corrected chi connectivity index (χ3v) is 1.97. The van der Waals surface area contributed by atoms with Crippen LogP contribution in [0.5, 0.6) is 0 Å². The van der Waals surface area contributed by atoms with Crippen molar-refractivity contribution in [3.8, 4) is 0 Å². The first-order chi connectivity index (χ1) is 6.90. The molecule has 0 bridgehead atoms. The van der Waals surface area contributed by atoms with Gasteiger partial charge in [0.05, 0.1) is 5.52 Å². The van der Waals surface area contributed by atoms with Crippen LogP contribution in [0.3, 0.4) is 0 Å². The quantitative estimate of drug-likeness (QED) is 0.544. The molecule has 0 saturated carbocycles. The Morgan fingerprint density at radius 1 is 1.36 bits per heavy atom. The number of pyridine rings is 1. The molecule has 0 aliphatic rings. The smallest absolute Gasteiger partial charge is 0.143 e. The molecule has 2 rings (SSSR count). The van der Waals surface area contributed by atoms with Crippen LogP contribution in [-0.4, -0.2) is 11.7 Å². The monoisotopic (exact) mass is 186 g/mol. The molecule has 0 saturated heterocycles. The summed E-state index contributed by atoms with van der Waals surface area (Å²) in [5.41, 5.74) is 1.99. The van der Waals surface area contributed by atoms with Crippen molar-refractivity contribution < 1.29 is 4.84 Å². The summed E-state index contributed by atoms with van der Waals surface area (Å²) in [5.74, 6) is 0. The number of fused-ring (bicyclic) bond motifs is 1. The van der Waals surface area contributed by atoms with Crippen LogP contribution < -0.4 is 0 Å². The molecule has 2 aromatic rings. The van der Waals surface area contributed by atoms with E-state index < -0.39 is 0 Å². The Balaban J connectivity index is 2.36. The van der Waals surface area contributed by atoms with E-state index in [0.29, 0.717) is 6.61 Å². The lowest BCUT2D eigenvalue weighted by atomic mass is 10.2. The van der Waals surface area contributed by atoms with Gasteiger partial charge in [-0.25, -0.2) is 0 Å². The molecule has 0 atom stereocenters. The Morgan fingerprint density at radius 2 is 2.21 bits per heavy atom. The summed E-state index contributed by atoms with van der Waals surface area (Å²) >= 11 is 0. The van der Waals surface area contributed by atoms with E-state index in [1.807, 2.05) is 30.3 Å². The van der Waals surface area contributed by atoms with Crippen LogP contribution in [0, 0.1) is 0 Å². The average Bonchev–Trinajstić information content (AvgIpc) is 2.26. The van der Waals surface area contributed by atoms with Gasteiger partial charge in [0.1, 0.15) is 6.61 Å². The molecule has 3 heteroatoms. The first kappa shape index (κ1) is 8.69. The van der Waals surface area contributed by atoms with Crippen molar-refractivity contribution in [1.82, 2.24) is 4.98 Å². The SMILES string of the molecule is C=NOCc1cnc2ccccc2c1. The minimum absolute atomic E-state index is 0.418. The highest BCUT2D eigenvalue weighted by molar-refractivity contribution is 5.78. The predicted molar refractivity (Wildman–Crippen MR) is 56.1 cm³/mol. The van der Waals surface area contributed by atoms with E-state index in [9.17, 15) is 0 Å². The zero-order chi connectivity index (χ0) is 9.80. The maximum absolute atomic E-state index is 4.84. The Morgan fingerprint density at radius 3 is 3.07 bits per heavy atom. The van der Waals surface area contributed by atoms with Crippen LogP contribution in [0.1, 0.15) is 5.56 Å². The van der Waals surface area contributed by atoms with Crippen molar-refractivity contribution in [2.24, 2.45) is 5.16 Å². The fourth-order valence-corrected chi connectivity index (χ4v) is 1.32. The van der Waals surface area contributed by atoms with Crippen molar-refractivity contribution in [2.45, 2.75) is 6.61 Å². The fraction of sp³-hybridized carbons (Fsp3) is 0.0909. The summed E-state index contributed by atoms with van der Waals surface area (Å²) in [6.45, 7) is 3.66. The first-order valence-corrected chi connectivity index (χ1v) is 4.32. The van der Waals surface area contributed by atoms with Crippen LogP contribution in [0.4, 0.5) is 0 Å². The minimum Gasteiger partial charge on any atom is -0.391 e. The Labute approximate surface area is 82.0 Å². The van der Waals surface area contributed by atoms with Gasteiger partial charge in [0.15, 0.2) is 0 Å². The molecule has 0 aliphatic carbocycles. The highest BCUT2D eigenvalue weighted by atomic mass is 16.6. The van der Waals surface area contributed by atoms with Gasteiger partial charge in [0, 0.05) is 23.9 Å². The molecule has 1 aromatic heterocycles. The van der Waals surface area contributed by atoms with Gasteiger partial charge in [0.2, 0.25) is 0 Å². The number of aromatic nitrogens is 1. The summed E-state index contributed by atoms with van der Waals surface area (Å²) in [5, 5.41) is 4.44. The third-order valence-electron chi connectivity index (χ3n) is 1.97. The Hall–Kier alpha value is -1.90. The summed E-state index contributed by atoms with van der Waals surface area (Å²) in [6.07, 6.45) is 1.79. The van der Waals surface area contributed by atoms with Crippen LogP contribution in [0.25, 0.3) is 10.9 Å². The number of oxime groups is 1. The van der Waals surface area contributed by atoms with E-state index >= 15 is 0 Å². The minimum atomic E-state index is 0.418. The molecule has 14 heavy (non-hydrogen) atoms.